The third kappa shape index (κ3) is 4.52. The normalized spacial score (nSPS) is 15.5. The molecule has 0 aliphatic carbocycles. The van der Waals surface area contributed by atoms with Crippen LogP contribution >= 0.6 is 0 Å². The molecule has 1 fully saturated rings. The fourth-order valence-electron chi connectivity index (χ4n) is 2.03. The van der Waals surface area contributed by atoms with Crippen molar-refractivity contribution in [2.75, 3.05) is 26.4 Å². The van der Waals surface area contributed by atoms with Crippen molar-refractivity contribution in [3.05, 3.63) is 29.6 Å². The highest BCUT2D eigenvalue weighted by Crippen LogP contribution is 2.20. The molecule has 0 spiro atoms. The molecule has 3 nitrogen and oxygen atoms in total. The van der Waals surface area contributed by atoms with Crippen molar-refractivity contribution >= 4 is 0 Å². The zero-order chi connectivity index (χ0) is 14.2. The first kappa shape index (κ1) is 14.8. The van der Waals surface area contributed by atoms with Crippen molar-refractivity contribution in [1.29, 1.82) is 0 Å². The van der Waals surface area contributed by atoms with E-state index < -0.39 is 0 Å². The number of hydrogen-bond donors (Lipinski definition) is 1. The Bertz CT molecular complexity index is 484. The molecule has 1 aromatic rings. The van der Waals surface area contributed by atoms with Crippen LogP contribution in [0.3, 0.4) is 0 Å². The van der Waals surface area contributed by atoms with Crippen LogP contribution in [0.2, 0.25) is 0 Å². The number of aliphatic hydroxyl groups excluding tert-OH is 1. The van der Waals surface area contributed by atoms with Gasteiger partial charge in [-0.15, -0.1) is 0 Å². The van der Waals surface area contributed by atoms with E-state index in [0.29, 0.717) is 30.3 Å². The van der Waals surface area contributed by atoms with Gasteiger partial charge in [0.1, 0.15) is 11.6 Å². The van der Waals surface area contributed by atoms with E-state index in [9.17, 15) is 4.39 Å². The van der Waals surface area contributed by atoms with Crippen molar-refractivity contribution in [1.82, 2.24) is 0 Å². The molecule has 1 heterocycles. The van der Waals surface area contributed by atoms with Crippen LogP contribution in [0, 0.1) is 23.6 Å². The Kier molecular flexibility index (Phi) is 5.85. The highest BCUT2D eigenvalue weighted by Gasteiger charge is 2.14. The summed E-state index contributed by atoms with van der Waals surface area (Å²) in [5, 5.41) is 8.63. The lowest BCUT2D eigenvalue weighted by atomic mass is 10.0. The van der Waals surface area contributed by atoms with Crippen LogP contribution in [0.5, 0.6) is 5.75 Å². The lowest BCUT2D eigenvalue weighted by Crippen LogP contribution is -2.21. The number of hydrogen-bond acceptors (Lipinski definition) is 3. The standard InChI is InChI=1S/C16H19FO3/c17-16-11-15(5-4-14(16)3-1-2-8-18)20-12-13-6-9-19-10-7-13/h4-5,11,13,18H,2,6-10,12H2. The van der Waals surface area contributed by atoms with Gasteiger partial charge in [0.2, 0.25) is 0 Å². The fraction of sp³-hybridized carbons (Fsp3) is 0.500. The molecular weight excluding hydrogens is 259 g/mol. The highest BCUT2D eigenvalue weighted by molar-refractivity contribution is 5.39. The molecule has 1 saturated heterocycles. The van der Waals surface area contributed by atoms with E-state index in [1.165, 1.54) is 6.07 Å². The van der Waals surface area contributed by atoms with Crippen LogP contribution in [0.4, 0.5) is 4.39 Å². The largest absolute Gasteiger partial charge is 0.493 e. The van der Waals surface area contributed by atoms with Crippen LogP contribution in [0.25, 0.3) is 0 Å². The van der Waals surface area contributed by atoms with Gasteiger partial charge in [0.25, 0.3) is 0 Å². The SMILES string of the molecule is OCCC#Cc1ccc(OCC2CCOCC2)cc1F. The van der Waals surface area contributed by atoms with Crippen molar-refractivity contribution in [2.24, 2.45) is 5.92 Å². The first-order valence-electron chi connectivity index (χ1n) is 6.89. The molecule has 0 aromatic heterocycles. The van der Waals surface area contributed by atoms with Gasteiger partial charge >= 0.3 is 0 Å². The Morgan fingerprint density at radius 1 is 1.35 bits per heavy atom. The van der Waals surface area contributed by atoms with E-state index in [4.69, 9.17) is 14.6 Å². The number of aliphatic hydroxyl groups is 1. The van der Waals surface area contributed by atoms with Crippen molar-refractivity contribution in [2.45, 2.75) is 19.3 Å². The van der Waals surface area contributed by atoms with Crippen LogP contribution in [-0.4, -0.2) is 31.5 Å². The average Bonchev–Trinajstić information content (AvgIpc) is 2.48. The summed E-state index contributed by atoms with van der Waals surface area (Å²) in [6.45, 7) is 2.14. The molecule has 0 amide bonds. The molecular formula is C16H19FO3. The van der Waals surface area contributed by atoms with Gasteiger partial charge in [0.05, 0.1) is 18.8 Å². The van der Waals surface area contributed by atoms with Gasteiger partial charge in [0.15, 0.2) is 0 Å². The third-order valence-corrected chi connectivity index (χ3v) is 3.23. The molecule has 0 saturated carbocycles. The summed E-state index contributed by atoms with van der Waals surface area (Å²) in [4.78, 5) is 0. The van der Waals surface area contributed by atoms with Crippen LogP contribution in [-0.2, 0) is 4.74 Å². The number of halogens is 1. The molecule has 108 valence electrons. The van der Waals surface area contributed by atoms with Gasteiger partial charge in [-0.25, -0.2) is 4.39 Å². The summed E-state index contributed by atoms with van der Waals surface area (Å²) in [5.41, 5.74) is 0.330. The Hall–Kier alpha value is -1.57. The molecule has 0 unspecified atom stereocenters. The predicted molar refractivity (Wildman–Crippen MR) is 74.0 cm³/mol. The second-order valence-corrected chi connectivity index (χ2v) is 4.78. The van der Waals surface area contributed by atoms with Crippen LogP contribution in [0.15, 0.2) is 18.2 Å². The van der Waals surface area contributed by atoms with Gasteiger partial charge in [-0.05, 0) is 30.9 Å². The Balaban J connectivity index is 1.90. The minimum atomic E-state index is -0.389. The summed E-state index contributed by atoms with van der Waals surface area (Å²) in [7, 11) is 0. The molecule has 2 rings (SSSR count). The minimum Gasteiger partial charge on any atom is -0.493 e. The summed E-state index contributed by atoms with van der Waals surface area (Å²) < 4.78 is 24.7. The van der Waals surface area contributed by atoms with E-state index >= 15 is 0 Å². The van der Waals surface area contributed by atoms with Crippen LogP contribution < -0.4 is 4.74 Å². The Morgan fingerprint density at radius 2 is 2.15 bits per heavy atom. The highest BCUT2D eigenvalue weighted by atomic mass is 19.1. The average molecular weight is 278 g/mol. The maximum atomic E-state index is 13.8. The van der Waals surface area contributed by atoms with E-state index in [0.717, 1.165) is 26.1 Å². The first-order chi connectivity index (χ1) is 9.79. The zero-order valence-electron chi connectivity index (χ0n) is 11.4. The molecule has 1 aliphatic heterocycles. The van der Waals surface area contributed by atoms with Crippen molar-refractivity contribution in [3.63, 3.8) is 0 Å². The Labute approximate surface area is 118 Å². The maximum Gasteiger partial charge on any atom is 0.142 e. The summed E-state index contributed by atoms with van der Waals surface area (Å²) in [6.07, 6.45) is 2.34. The third-order valence-electron chi connectivity index (χ3n) is 3.23. The van der Waals surface area contributed by atoms with E-state index in [1.54, 1.807) is 12.1 Å². The number of ether oxygens (including phenoxy) is 2. The van der Waals surface area contributed by atoms with Gasteiger partial charge in [-0.3, -0.25) is 0 Å². The van der Waals surface area contributed by atoms with E-state index in [2.05, 4.69) is 11.8 Å². The zero-order valence-corrected chi connectivity index (χ0v) is 11.4. The molecule has 0 atom stereocenters. The lowest BCUT2D eigenvalue weighted by molar-refractivity contribution is 0.0497. The summed E-state index contributed by atoms with van der Waals surface area (Å²) in [5.74, 6) is 6.01. The van der Waals surface area contributed by atoms with Gasteiger partial charge in [0, 0.05) is 25.7 Å². The van der Waals surface area contributed by atoms with E-state index in [1.807, 2.05) is 0 Å². The molecule has 1 N–H and O–H groups in total. The Morgan fingerprint density at radius 3 is 2.85 bits per heavy atom. The maximum absolute atomic E-state index is 13.8. The minimum absolute atomic E-state index is 0.0130. The number of benzene rings is 1. The summed E-state index contributed by atoms with van der Waals surface area (Å²) in [6, 6.07) is 4.70. The van der Waals surface area contributed by atoms with Crippen molar-refractivity contribution < 1.29 is 19.0 Å². The molecule has 0 bridgehead atoms. The monoisotopic (exact) mass is 278 g/mol. The molecule has 1 aromatic carbocycles. The summed E-state index contributed by atoms with van der Waals surface area (Å²) >= 11 is 0. The first-order valence-corrected chi connectivity index (χ1v) is 6.89. The fourth-order valence-corrected chi connectivity index (χ4v) is 2.03. The topological polar surface area (TPSA) is 38.7 Å². The van der Waals surface area contributed by atoms with Gasteiger partial charge in [-0.2, -0.15) is 0 Å². The molecule has 0 radical (unpaired) electrons. The van der Waals surface area contributed by atoms with E-state index in [-0.39, 0.29) is 12.4 Å². The lowest BCUT2D eigenvalue weighted by Gasteiger charge is -2.22. The van der Waals surface area contributed by atoms with Gasteiger partial charge < -0.3 is 14.6 Å². The smallest absolute Gasteiger partial charge is 0.142 e. The van der Waals surface area contributed by atoms with Gasteiger partial charge in [-0.1, -0.05) is 11.8 Å². The quantitative estimate of drug-likeness (QED) is 0.859. The number of rotatable bonds is 4. The second-order valence-electron chi connectivity index (χ2n) is 4.78. The van der Waals surface area contributed by atoms with Crippen molar-refractivity contribution in [3.8, 4) is 17.6 Å². The second kappa shape index (κ2) is 7.88. The molecule has 4 heteroatoms. The predicted octanol–water partition coefficient (Wildman–Crippen LogP) is 2.37. The molecule has 1 aliphatic rings. The van der Waals surface area contributed by atoms with Crippen LogP contribution in [0.1, 0.15) is 24.8 Å². The molecule has 20 heavy (non-hydrogen) atoms.